The number of aliphatic hydroxyl groups is 1. The lowest BCUT2D eigenvalue weighted by molar-refractivity contribution is -0.245. The predicted octanol–water partition coefficient (Wildman–Crippen LogP) is 5.45. The summed E-state index contributed by atoms with van der Waals surface area (Å²) in [7, 11) is 0. The molecule has 0 aliphatic carbocycles. The number of carbonyl (C=O) groups excluding carboxylic acids is 1. The van der Waals surface area contributed by atoms with Gasteiger partial charge in [0, 0.05) is 43.1 Å². The van der Waals surface area contributed by atoms with E-state index in [1.807, 2.05) is 72.8 Å². The monoisotopic (exact) mass is 599 g/mol. The fourth-order valence-electron chi connectivity index (χ4n) is 4.83. The molecule has 10 heteroatoms. The molecule has 1 amide bonds. The SMILES string of the molecule is O=C(O)CCC(=O)NCc1ccccc1-c1ccc(C2OC(CSc3ncccn3)CC(c3ccc(CO)cc3)O2)cc1. The number of amides is 1. The second-order valence-corrected chi connectivity index (χ2v) is 11.1. The first-order chi connectivity index (χ1) is 21.0. The number of hydrogen-bond donors (Lipinski definition) is 3. The average molecular weight is 600 g/mol. The highest BCUT2D eigenvalue weighted by Gasteiger charge is 2.32. The number of thioether (sulfide) groups is 1. The minimum atomic E-state index is -0.997. The van der Waals surface area contributed by atoms with Crippen LogP contribution >= 0.6 is 11.8 Å². The fourth-order valence-corrected chi connectivity index (χ4v) is 5.65. The van der Waals surface area contributed by atoms with Crippen LogP contribution in [0.25, 0.3) is 11.1 Å². The fraction of sp³-hybridized carbons (Fsp3) is 0.273. The smallest absolute Gasteiger partial charge is 0.303 e. The zero-order chi connectivity index (χ0) is 30.0. The van der Waals surface area contributed by atoms with Crippen LogP contribution in [0.2, 0.25) is 0 Å². The average Bonchev–Trinajstić information content (AvgIpc) is 3.06. The van der Waals surface area contributed by atoms with Gasteiger partial charge in [0.2, 0.25) is 5.91 Å². The number of rotatable bonds is 12. The molecular weight excluding hydrogens is 566 g/mol. The maximum absolute atomic E-state index is 12.1. The largest absolute Gasteiger partial charge is 0.481 e. The molecule has 3 N–H and O–H groups in total. The Bertz CT molecular complexity index is 1500. The highest BCUT2D eigenvalue weighted by molar-refractivity contribution is 7.99. The number of nitrogens with one attached hydrogen (secondary N) is 1. The molecule has 3 unspecified atom stereocenters. The lowest BCUT2D eigenvalue weighted by Gasteiger charge is -2.36. The van der Waals surface area contributed by atoms with Crippen molar-refractivity contribution in [2.45, 2.75) is 56.1 Å². The third-order valence-corrected chi connectivity index (χ3v) is 8.12. The van der Waals surface area contributed by atoms with Crippen molar-refractivity contribution in [3.05, 3.63) is 114 Å². The lowest BCUT2D eigenvalue weighted by atomic mass is 9.97. The van der Waals surface area contributed by atoms with Gasteiger partial charge in [0.1, 0.15) is 0 Å². The van der Waals surface area contributed by atoms with E-state index in [9.17, 15) is 14.7 Å². The summed E-state index contributed by atoms with van der Waals surface area (Å²) in [6.45, 7) is 0.285. The second kappa shape index (κ2) is 14.9. The van der Waals surface area contributed by atoms with Crippen LogP contribution in [-0.2, 0) is 32.2 Å². The first kappa shape index (κ1) is 30.4. The number of carbonyl (C=O) groups is 2. The van der Waals surface area contributed by atoms with Gasteiger partial charge in [-0.1, -0.05) is 84.6 Å². The minimum Gasteiger partial charge on any atom is -0.481 e. The van der Waals surface area contributed by atoms with Crippen LogP contribution in [0.5, 0.6) is 0 Å². The summed E-state index contributed by atoms with van der Waals surface area (Å²) in [6.07, 6.45) is 2.96. The highest BCUT2D eigenvalue weighted by atomic mass is 32.2. The molecule has 4 aromatic rings. The number of aromatic nitrogens is 2. The first-order valence-electron chi connectivity index (χ1n) is 14.1. The molecule has 9 nitrogen and oxygen atoms in total. The van der Waals surface area contributed by atoms with Gasteiger partial charge in [-0.25, -0.2) is 9.97 Å². The van der Waals surface area contributed by atoms with E-state index < -0.39 is 12.3 Å². The summed E-state index contributed by atoms with van der Waals surface area (Å²) in [5.41, 5.74) is 5.61. The summed E-state index contributed by atoms with van der Waals surface area (Å²) in [5, 5.41) is 21.8. The normalized spacial score (nSPS) is 18.2. The van der Waals surface area contributed by atoms with Gasteiger partial charge in [0.15, 0.2) is 11.4 Å². The number of aliphatic carboxylic acids is 1. The molecule has 0 bridgehead atoms. The van der Waals surface area contributed by atoms with Crippen molar-refractivity contribution >= 4 is 23.6 Å². The van der Waals surface area contributed by atoms with Crippen molar-refractivity contribution in [3.8, 4) is 11.1 Å². The molecule has 3 atom stereocenters. The Kier molecular flexibility index (Phi) is 10.5. The highest BCUT2D eigenvalue weighted by Crippen LogP contribution is 2.39. The molecule has 1 aliphatic heterocycles. The Hall–Kier alpha value is -4.09. The number of carboxylic acids is 1. The van der Waals surface area contributed by atoms with Crippen LogP contribution in [0, 0.1) is 0 Å². The summed E-state index contributed by atoms with van der Waals surface area (Å²) in [5.74, 6) is -0.632. The molecule has 0 spiro atoms. The van der Waals surface area contributed by atoms with Gasteiger partial charge in [-0.2, -0.15) is 0 Å². The van der Waals surface area contributed by atoms with Gasteiger partial charge in [-0.05, 0) is 33.9 Å². The Balaban J connectivity index is 1.31. The van der Waals surface area contributed by atoms with Crippen molar-refractivity contribution in [2.75, 3.05) is 5.75 Å². The van der Waals surface area contributed by atoms with E-state index in [-0.39, 0.29) is 37.6 Å². The van der Waals surface area contributed by atoms with Crippen LogP contribution in [0.1, 0.15) is 53.9 Å². The van der Waals surface area contributed by atoms with Crippen LogP contribution in [0.4, 0.5) is 0 Å². The van der Waals surface area contributed by atoms with Crippen molar-refractivity contribution < 1.29 is 29.3 Å². The molecular formula is C33H33N3O6S. The Morgan fingerprint density at radius 2 is 1.60 bits per heavy atom. The van der Waals surface area contributed by atoms with E-state index in [1.54, 1.807) is 30.2 Å². The number of hydrogen-bond acceptors (Lipinski definition) is 8. The lowest BCUT2D eigenvalue weighted by Crippen LogP contribution is -2.31. The molecule has 1 fully saturated rings. The molecule has 1 aromatic heterocycles. The molecule has 1 aliphatic rings. The Labute approximate surface area is 254 Å². The molecule has 222 valence electrons. The van der Waals surface area contributed by atoms with Gasteiger partial charge in [-0.3, -0.25) is 9.59 Å². The van der Waals surface area contributed by atoms with E-state index in [0.29, 0.717) is 23.9 Å². The molecule has 1 saturated heterocycles. The minimum absolute atomic E-state index is 0.0134. The van der Waals surface area contributed by atoms with Crippen molar-refractivity contribution in [3.63, 3.8) is 0 Å². The number of ether oxygens (including phenoxy) is 2. The quantitative estimate of drug-likeness (QED) is 0.144. The molecule has 3 aromatic carbocycles. The number of benzene rings is 3. The van der Waals surface area contributed by atoms with Gasteiger partial charge in [0.25, 0.3) is 0 Å². The van der Waals surface area contributed by atoms with E-state index in [0.717, 1.165) is 33.4 Å². The molecule has 2 heterocycles. The number of nitrogens with zero attached hydrogens (tertiary/aromatic N) is 2. The Morgan fingerprint density at radius 1 is 0.884 bits per heavy atom. The Morgan fingerprint density at radius 3 is 2.33 bits per heavy atom. The second-order valence-electron chi connectivity index (χ2n) is 10.1. The molecule has 5 rings (SSSR count). The molecule has 0 radical (unpaired) electrons. The van der Waals surface area contributed by atoms with Gasteiger partial charge < -0.3 is 25.0 Å². The summed E-state index contributed by atoms with van der Waals surface area (Å²) in [6, 6.07) is 25.4. The summed E-state index contributed by atoms with van der Waals surface area (Å²) >= 11 is 1.54. The van der Waals surface area contributed by atoms with Crippen molar-refractivity contribution in [1.82, 2.24) is 15.3 Å². The standard InChI is InChI=1S/C33H33N3O6S/c37-20-22-6-8-24(9-7-22)29-18-27(21-43-33-34-16-3-17-35-33)41-32(42-29)25-12-10-23(11-13-25)28-5-2-1-4-26(28)19-36-30(38)14-15-31(39)40/h1-13,16-17,27,29,32,37H,14-15,18-21H2,(H,36,38)(H,39,40). The van der Waals surface area contributed by atoms with E-state index in [2.05, 4.69) is 15.3 Å². The van der Waals surface area contributed by atoms with Crippen molar-refractivity contribution in [1.29, 1.82) is 0 Å². The number of aliphatic hydroxyl groups excluding tert-OH is 1. The molecule has 43 heavy (non-hydrogen) atoms. The first-order valence-corrected chi connectivity index (χ1v) is 15.0. The van der Waals surface area contributed by atoms with Crippen LogP contribution in [0.3, 0.4) is 0 Å². The van der Waals surface area contributed by atoms with Gasteiger partial charge >= 0.3 is 5.97 Å². The number of carboxylic acid groups (broad SMARTS) is 1. The predicted molar refractivity (Wildman–Crippen MR) is 162 cm³/mol. The summed E-state index contributed by atoms with van der Waals surface area (Å²) in [4.78, 5) is 31.5. The van der Waals surface area contributed by atoms with Gasteiger partial charge in [-0.15, -0.1) is 0 Å². The maximum atomic E-state index is 12.1. The maximum Gasteiger partial charge on any atom is 0.303 e. The van der Waals surface area contributed by atoms with Crippen molar-refractivity contribution in [2.24, 2.45) is 0 Å². The zero-order valence-electron chi connectivity index (χ0n) is 23.5. The third-order valence-electron chi connectivity index (χ3n) is 7.11. The van der Waals surface area contributed by atoms with Crippen LogP contribution in [-0.4, -0.2) is 43.9 Å². The van der Waals surface area contributed by atoms with E-state index in [1.165, 1.54) is 0 Å². The van der Waals surface area contributed by atoms with Crippen LogP contribution < -0.4 is 5.32 Å². The van der Waals surface area contributed by atoms with Gasteiger partial charge in [0.05, 0.1) is 25.2 Å². The molecule has 0 saturated carbocycles. The zero-order valence-corrected chi connectivity index (χ0v) is 24.3. The van der Waals surface area contributed by atoms with E-state index >= 15 is 0 Å². The topological polar surface area (TPSA) is 131 Å². The van der Waals surface area contributed by atoms with Crippen LogP contribution in [0.15, 0.2) is 96.4 Å². The van der Waals surface area contributed by atoms with E-state index in [4.69, 9.17) is 14.6 Å². The summed E-state index contributed by atoms with van der Waals surface area (Å²) < 4.78 is 12.9. The third kappa shape index (κ3) is 8.48.